The molecule has 1 saturated heterocycles. The zero-order valence-electron chi connectivity index (χ0n) is 7.77. The lowest BCUT2D eigenvalue weighted by Gasteiger charge is -2.30. The van der Waals surface area contributed by atoms with Gasteiger partial charge in [0.15, 0.2) is 0 Å². The molecule has 0 atom stereocenters. The van der Waals surface area contributed by atoms with Crippen LogP contribution in [-0.2, 0) is 4.74 Å². The van der Waals surface area contributed by atoms with Crippen LogP contribution in [0.5, 0.6) is 0 Å². The van der Waals surface area contributed by atoms with Gasteiger partial charge >= 0.3 is 0 Å². The van der Waals surface area contributed by atoms with E-state index >= 15 is 0 Å². The van der Waals surface area contributed by atoms with Gasteiger partial charge in [0.2, 0.25) is 0 Å². The van der Waals surface area contributed by atoms with Crippen LogP contribution < -0.4 is 5.32 Å². The van der Waals surface area contributed by atoms with Crippen molar-refractivity contribution in [1.82, 2.24) is 5.32 Å². The summed E-state index contributed by atoms with van der Waals surface area (Å²) in [7, 11) is 0. The Bertz CT molecular complexity index is 131. The van der Waals surface area contributed by atoms with E-state index in [-0.39, 0.29) is 5.72 Å². The highest BCUT2D eigenvalue weighted by atomic mass is 16.5. The summed E-state index contributed by atoms with van der Waals surface area (Å²) in [6.45, 7) is 1.97. The van der Waals surface area contributed by atoms with Crippen LogP contribution in [0.3, 0.4) is 0 Å². The fraction of sp³-hybridized carbons (Fsp3) is 1.00. The molecule has 2 fully saturated rings. The molecule has 2 nitrogen and oxygen atoms in total. The maximum atomic E-state index is 5.81. The molecular weight excluding hydrogens is 150 g/mol. The quantitative estimate of drug-likeness (QED) is 0.599. The predicted molar refractivity (Wildman–Crippen MR) is 49.0 cm³/mol. The number of hydrogen-bond donors (Lipinski definition) is 1. The molecule has 2 rings (SSSR count). The van der Waals surface area contributed by atoms with Crippen LogP contribution in [0.4, 0.5) is 0 Å². The smallest absolute Gasteiger partial charge is 0.119 e. The molecule has 0 aromatic rings. The van der Waals surface area contributed by atoms with Gasteiger partial charge in [0.1, 0.15) is 5.72 Å². The van der Waals surface area contributed by atoms with Crippen molar-refractivity contribution in [3.05, 3.63) is 0 Å². The largest absolute Gasteiger partial charge is 0.359 e. The summed E-state index contributed by atoms with van der Waals surface area (Å²) in [5, 5.41) is 3.52. The fourth-order valence-electron chi connectivity index (χ4n) is 2.37. The van der Waals surface area contributed by atoms with Crippen molar-refractivity contribution in [2.24, 2.45) is 0 Å². The Morgan fingerprint density at radius 2 is 1.58 bits per heavy atom. The maximum Gasteiger partial charge on any atom is 0.119 e. The zero-order chi connectivity index (χ0) is 8.28. The summed E-state index contributed by atoms with van der Waals surface area (Å²) >= 11 is 0. The monoisotopic (exact) mass is 169 g/mol. The molecule has 2 heteroatoms. The summed E-state index contributed by atoms with van der Waals surface area (Å²) in [6, 6.07) is 0. The lowest BCUT2D eigenvalue weighted by Crippen LogP contribution is -2.41. The van der Waals surface area contributed by atoms with E-state index in [0.29, 0.717) is 0 Å². The number of nitrogens with one attached hydrogen (secondary N) is 1. The Kier molecular flexibility index (Phi) is 2.66. The Morgan fingerprint density at radius 1 is 0.917 bits per heavy atom. The van der Waals surface area contributed by atoms with Gasteiger partial charge in [0, 0.05) is 6.54 Å². The Morgan fingerprint density at radius 3 is 2.17 bits per heavy atom. The van der Waals surface area contributed by atoms with Crippen LogP contribution in [-0.4, -0.2) is 18.9 Å². The Balaban J connectivity index is 1.92. The molecule has 0 aromatic carbocycles. The van der Waals surface area contributed by atoms with E-state index in [1.54, 1.807) is 0 Å². The minimum atomic E-state index is 0.0976. The van der Waals surface area contributed by atoms with Crippen molar-refractivity contribution in [2.75, 3.05) is 13.2 Å². The molecule has 1 N–H and O–H groups in total. The molecular formula is C10H19NO. The first kappa shape index (κ1) is 8.52. The van der Waals surface area contributed by atoms with Crippen LogP contribution in [0.15, 0.2) is 0 Å². The molecule has 0 radical (unpaired) electrons. The Hall–Kier alpha value is -0.0800. The van der Waals surface area contributed by atoms with Gasteiger partial charge in [-0.25, -0.2) is 0 Å². The van der Waals surface area contributed by atoms with E-state index < -0.39 is 0 Å². The first-order valence-electron chi connectivity index (χ1n) is 5.30. The topological polar surface area (TPSA) is 21.3 Å². The summed E-state index contributed by atoms with van der Waals surface area (Å²) < 4.78 is 5.81. The van der Waals surface area contributed by atoms with Gasteiger partial charge in [-0.15, -0.1) is 0 Å². The van der Waals surface area contributed by atoms with Crippen LogP contribution in [0.2, 0.25) is 0 Å². The van der Waals surface area contributed by atoms with Crippen molar-refractivity contribution in [3.8, 4) is 0 Å². The second kappa shape index (κ2) is 3.75. The van der Waals surface area contributed by atoms with E-state index in [4.69, 9.17) is 4.74 Å². The molecule has 0 aromatic heterocycles. The maximum absolute atomic E-state index is 5.81. The lowest BCUT2D eigenvalue weighted by molar-refractivity contribution is -0.0302. The van der Waals surface area contributed by atoms with E-state index in [0.717, 1.165) is 13.2 Å². The highest BCUT2D eigenvalue weighted by Crippen LogP contribution is 2.29. The Labute approximate surface area is 74.7 Å². The summed E-state index contributed by atoms with van der Waals surface area (Å²) in [5.41, 5.74) is 0.0976. The fourth-order valence-corrected chi connectivity index (χ4v) is 2.37. The molecule has 0 unspecified atom stereocenters. The molecule has 1 saturated carbocycles. The van der Waals surface area contributed by atoms with E-state index in [1.165, 1.54) is 44.9 Å². The van der Waals surface area contributed by atoms with Crippen molar-refractivity contribution in [3.63, 3.8) is 0 Å². The van der Waals surface area contributed by atoms with Gasteiger partial charge in [-0.1, -0.05) is 19.3 Å². The third-order valence-electron chi connectivity index (χ3n) is 3.09. The second-order valence-electron chi connectivity index (χ2n) is 4.04. The minimum Gasteiger partial charge on any atom is -0.359 e. The van der Waals surface area contributed by atoms with Gasteiger partial charge in [-0.3, -0.25) is 5.32 Å². The molecule has 0 amide bonds. The van der Waals surface area contributed by atoms with Crippen LogP contribution in [0.1, 0.15) is 44.9 Å². The second-order valence-corrected chi connectivity index (χ2v) is 4.04. The average Bonchev–Trinajstić information content (AvgIpc) is 2.47. The number of hydrogen-bond acceptors (Lipinski definition) is 2. The van der Waals surface area contributed by atoms with Gasteiger partial charge < -0.3 is 4.74 Å². The number of rotatable bonds is 0. The highest BCUT2D eigenvalue weighted by molar-refractivity contribution is 4.83. The van der Waals surface area contributed by atoms with Crippen molar-refractivity contribution in [2.45, 2.75) is 50.7 Å². The average molecular weight is 169 g/mol. The van der Waals surface area contributed by atoms with Gasteiger partial charge in [-0.2, -0.15) is 0 Å². The van der Waals surface area contributed by atoms with Crippen LogP contribution >= 0.6 is 0 Å². The number of ether oxygens (including phenoxy) is 1. The SMILES string of the molecule is C1CCCC2(CCC1)NCCO2. The van der Waals surface area contributed by atoms with E-state index in [9.17, 15) is 0 Å². The van der Waals surface area contributed by atoms with Crippen LogP contribution in [0.25, 0.3) is 0 Å². The van der Waals surface area contributed by atoms with E-state index in [2.05, 4.69) is 5.32 Å². The van der Waals surface area contributed by atoms with Crippen molar-refractivity contribution < 1.29 is 4.74 Å². The molecule has 1 spiro atoms. The molecule has 1 heterocycles. The predicted octanol–water partition coefficient (Wildman–Crippen LogP) is 2.05. The highest BCUT2D eigenvalue weighted by Gasteiger charge is 2.33. The van der Waals surface area contributed by atoms with Crippen LogP contribution in [0, 0.1) is 0 Å². The summed E-state index contributed by atoms with van der Waals surface area (Å²) in [4.78, 5) is 0. The van der Waals surface area contributed by atoms with E-state index in [1.807, 2.05) is 0 Å². The third-order valence-corrected chi connectivity index (χ3v) is 3.09. The molecule has 12 heavy (non-hydrogen) atoms. The normalized spacial score (nSPS) is 30.0. The molecule has 1 aliphatic carbocycles. The molecule has 70 valence electrons. The first-order chi connectivity index (χ1) is 5.91. The summed E-state index contributed by atoms with van der Waals surface area (Å²) in [5.74, 6) is 0. The molecule has 2 aliphatic rings. The van der Waals surface area contributed by atoms with Gasteiger partial charge in [-0.05, 0) is 25.7 Å². The van der Waals surface area contributed by atoms with Gasteiger partial charge in [0.25, 0.3) is 0 Å². The lowest BCUT2D eigenvalue weighted by atomic mass is 9.94. The molecule has 1 aliphatic heterocycles. The zero-order valence-corrected chi connectivity index (χ0v) is 7.77. The standard InChI is InChI=1S/C10H19NO/c1-2-4-6-10(7-5-3-1)11-8-9-12-10/h11H,1-9H2. The molecule has 0 bridgehead atoms. The van der Waals surface area contributed by atoms with Crippen molar-refractivity contribution in [1.29, 1.82) is 0 Å². The van der Waals surface area contributed by atoms with Crippen molar-refractivity contribution >= 4 is 0 Å². The third kappa shape index (κ3) is 1.80. The first-order valence-corrected chi connectivity index (χ1v) is 5.30. The van der Waals surface area contributed by atoms with Gasteiger partial charge in [0.05, 0.1) is 6.61 Å². The summed E-state index contributed by atoms with van der Waals surface area (Å²) in [6.07, 6.45) is 9.36. The minimum absolute atomic E-state index is 0.0976.